The van der Waals surface area contributed by atoms with Gasteiger partial charge in [-0.05, 0) is 18.3 Å². The van der Waals surface area contributed by atoms with Crippen molar-refractivity contribution in [2.75, 3.05) is 0 Å². The highest BCUT2D eigenvalue weighted by atomic mass is 32.1. The number of para-hydroxylation sites is 1. The molecule has 1 aromatic heterocycles. The smallest absolute Gasteiger partial charge is 0.327 e. The molecule has 2 heterocycles. The molecule has 0 aliphatic carbocycles. The predicted octanol–water partition coefficient (Wildman–Crippen LogP) is 0.444. The van der Waals surface area contributed by atoms with Gasteiger partial charge in [-0.1, -0.05) is 18.2 Å². The molecule has 25 heavy (non-hydrogen) atoms. The molecule has 3 N–H and O–H groups in total. The lowest BCUT2D eigenvalue weighted by atomic mass is 10.1. The third-order valence-corrected chi connectivity index (χ3v) is 5.03. The number of carboxylic acids is 2. The van der Waals surface area contributed by atoms with E-state index < -0.39 is 36.2 Å². The molecule has 0 saturated heterocycles. The second kappa shape index (κ2) is 6.22. The highest BCUT2D eigenvalue weighted by Crippen LogP contribution is 2.35. The van der Waals surface area contributed by atoms with E-state index in [1.165, 1.54) is 0 Å². The normalized spacial score (nSPS) is 14.1. The molecule has 8 nitrogen and oxygen atoms in total. The van der Waals surface area contributed by atoms with Crippen LogP contribution in [0.3, 0.4) is 0 Å². The highest BCUT2D eigenvalue weighted by Gasteiger charge is 2.31. The molecule has 1 atom stereocenters. The molecular formula is C15H10N2O6S2. The summed E-state index contributed by atoms with van der Waals surface area (Å²) in [5, 5.41) is 29.6. The van der Waals surface area contributed by atoms with Crippen LogP contribution in [0.15, 0.2) is 29.3 Å². The highest BCUT2D eigenvalue weighted by molar-refractivity contribution is 7.73. The maximum atomic E-state index is 12.2. The van der Waals surface area contributed by atoms with Crippen molar-refractivity contribution in [3.8, 4) is 5.88 Å². The molecule has 10 heteroatoms. The van der Waals surface area contributed by atoms with Crippen LogP contribution >= 0.6 is 23.6 Å². The summed E-state index contributed by atoms with van der Waals surface area (Å²) in [6.45, 7) is 0. The standard InChI is InChI=1S/C15H10N2O6S2/c18-9(19)5-8(14(22)23)17-13(21)11(25-15(17)24)10-6-3-1-2-4-7(6)16-12(10)20/h1-4,8,21H,5H2,(H,18,19)(H,22,23). The van der Waals surface area contributed by atoms with Crippen molar-refractivity contribution in [3.63, 3.8) is 0 Å². The Kier molecular flexibility index (Phi) is 4.23. The number of hydrogen-bond donors (Lipinski definition) is 3. The first-order valence-electron chi connectivity index (χ1n) is 6.93. The van der Waals surface area contributed by atoms with E-state index in [9.17, 15) is 24.6 Å². The van der Waals surface area contributed by atoms with Gasteiger partial charge >= 0.3 is 11.9 Å². The SMILES string of the molecule is O=C(O)CC(C(=O)O)n1c(O)c(C2=c3ccccc3=NC2=O)sc1=S. The number of aromatic hydroxyl groups is 1. The average molecular weight is 378 g/mol. The number of fused-ring (bicyclic) bond motifs is 1. The number of carbonyl (C=O) groups is 3. The lowest BCUT2D eigenvalue weighted by Crippen LogP contribution is -2.23. The fourth-order valence-corrected chi connectivity index (χ4v) is 3.99. The predicted molar refractivity (Wildman–Crippen MR) is 88.5 cm³/mol. The molecule has 0 bridgehead atoms. The zero-order chi connectivity index (χ0) is 18.3. The van der Waals surface area contributed by atoms with Crippen molar-refractivity contribution in [2.24, 2.45) is 4.99 Å². The van der Waals surface area contributed by atoms with Gasteiger partial charge in [-0.25, -0.2) is 9.79 Å². The minimum absolute atomic E-state index is 0.0502. The Morgan fingerprint density at radius 3 is 2.60 bits per heavy atom. The number of rotatable bonds is 5. The number of nitrogens with zero attached hydrogens (tertiary/aromatic N) is 2. The molecule has 1 aliphatic heterocycles. The third-order valence-electron chi connectivity index (χ3n) is 3.62. The van der Waals surface area contributed by atoms with Crippen LogP contribution in [0.4, 0.5) is 0 Å². The van der Waals surface area contributed by atoms with Crippen molar-refractivity contribution in [1.29, 1.82) is 0 Å². The summed E-state index contributed by atoms with van der Waals surface area (Å²) >= 11 is 5.92. The van der Waals surface area contributed by atoms with E-state index in [1.54, 1.807) is 24.3 Å². The molecule has 0 saturated carbocycles. The van der Waals surface area contributed by atoms with Gasteiger partial charge in [-0.3, -0.25) is 14.2 Å². The van der Waals surface area contributed by atoms with Crippen LogP contribution in [0, 0.1) is 3.95 Å². The number of amides is 1. The zero-order valence-corrected chi connectivity index (χ0v) is 14.0. The summed E-state index contributed by atoms with van der Waals surface area (Å²) in [5.74, 6) is -3.94. The zero-order valence-electron chi connectivity index (χ0n) is 12.4. The first kappa shape index (κ1) is 17.0. The first-order chi connectivity index (χ1) is 11.8. The Morgan fingerprint density at radius 2 is 1.96 bits per heavy atom. The Labute approximate surface area is 148 Å². The first-order valence-corrected chi connectivity index (χ1v) is 8.15. The van der Waals surface area contributed by atoms with Crippen LogP contribution < -0.4 is 10.6 Å². The summed E-state index contributed by atoms with van der Waals surface area (Å²) in [6.07, 6.45) is -0.766. The lowest BCUT2D eigenvalue weighted by Gasteiger charge is -2.13. The van der Waals surface area contributed by atoms with Crippen molar-refractivity contribution < 1.29 is 29.7 Å². The summed E-state index contributed by atoms with van der Waals surface area (Å²) in [5.41, 5.74) is 0.113. The summed E-state index contributed by atoms with van der Waals surface area (Å²) in [4.78, 5) is 38.5. The van der Waals surface area contributed by atoms with Gasteiger partial charge < -0.3 is 15.3 Å². The van der Waals surface area contributed by atoms with Crippen LogP contribution in [0.25, 0.3) is 5.57 Å². The molecular weight excluding hydrogens is 368 g/mol. The van der Waals surface area contributed by atoms with Crippen LogP contribution in [-0.2, 0) is 14.4 Å². The second-order valence-electron chi connectivity index (χ2n) is 5.15. The number of hydrogen-bond acceptors (Lipinski definition) is 6. The quantitative estimate of drug-likeness (QED) is 0.644. The maximum Gasteiger partial charge on any atom is 0.327 e. The number of aromatic nitrogens is 1. The van der Waals surface area contributed by atoms with E-state index in [0.717, 1.165) is 15.9 Å². The molecule has 2 aromatic rings. The number of carbonyl (C=O) groups excluding carboxylic acids is 1. The summed E-state index contributed by atoms with van der Waals surface area (Å²) < 4.78 is 0.790. The van der Waals surface area contributed by atoms with Crippen molar-refractivity contribution in [1.82, 2.24) is 4.57 Å². The average Bonchev–Trinajstić information content (AvgIpc) is 3.00. The number of thiazole rings is 1. The molecule has 1 aromatic carbocycles. The van der Waals surface area contributed by atoms with Gasteiger partial charge in [0, 0.05) is 5.22 Å². The monoisotopic (exact) mass is 378 g/mol. The van der Waals surface area contributed by atoms with Gasteiger partial charge in [0.25, 0.3) is 5.91 Å². The number of aliphatic carboxylic acids is 2. The fraction of sp³-hybridized carbons (Fsp3) is 0.133. The van der Waals surface area contributed by atoms with Crippen LogP contribution in [-0.4, -0.2) is 37.7 Å². The Balaban J connectivity index is 2.25. The molecule has 1 aliphatic rings. The van der Waals surface area contributed by atoms with Gasteiger partial charge in [0.05, 0.1) is 17.4 Å². The van der Waals surface area contributed by atoms with Gasteiger partial charge in [0.2, 0.25) is 5.88 Å². The molecule has 0 fully saturated rings. The molecule has 1 amide bonds. The minimum Gasteiger partial charge on any atom is -0.493 e. The van der Waals surface area contributed by atoms with E-state index in [0.29, 0.717) is 10.6 Å². The van der Waals surface area contributed by atoms with Crippen LogP contribution in [0.5, 0.6) is 5.88 Å². The van der Waals surface area contributed by atoms with E-state index in [-0.39, 0.29) is 14.4 Å². The molecule has 1 unspecified atom stereocenters. The molecule has 0 radical (unpaired) electrons. The molecule has 128 valence electrons. The lowest BCUT2D eigenvalue weighted by molar-refractivity contribution is -0.147. The van der Waals surface area contributed by atoms with Crippen LogP contribution in [0.2, 0.25) is 0 Å². The van der Waals surface area contributed by atoms with E-state index in [1.807, 2.05) is 0 Å². The van der Waals surface area contributed by atoms with Gasteiger partial charge in [-0.15, -0.1) is 11.3 Å². The minimum atomic E-state index is -1.58. The van der Waals surface area contributed by atoms with E-state index in [4.69, 9.17) is 17.3 Å². The molecule has 3 rings (SSSR count). The Hall–Kier alpha value is -2.85. The van der Waals surface area contributed by atoms with Crippen LogP contribution in [0.1, 0.15) is 17.3 Å². The largest absolute Gasteiger partial charge is 0.493 e. The Bertz CT molecular complexity index is 1100. The Morgan fingerprint density at radius 1 is 1.28 bits per heavy atom. The fourth-order valence-electron chi connectivity index (χ4n) is 2.55. The van der Waals surface area contributed by atoms with Crippen molar-refractivity contribution in [2.45, 2.75) is 12.5 Å². The number of benzene rings is 1. The summed E-state index contributed by atoms with van der Waals surface area (Å²) in [6, 6.07) is 5.11. The van der Waals surface area contributed by atoms with Gasteiger partial charge in [0.1, 0.15) is 10.9 Å². The summed E-state index contributed by atoms with van der Waals surface area (Å²) in [7, 11) is 0. The topological polar surface area (TPSA) is 129 Å². The second-order valence-corrected chi connectivity index (χ2v) is 6.80. The van der Waals surface area contributed by atoms with Crippen molar-refractivity contribution >= 4 is 47.0 Å². The number of carboxylic acid groups (broad SMARTS) is 2. The maximum absolute atomic E-state index is 12.2. The molecule has 0 spiro atoms. The van der Waals surface area contributed by atoms with Crippen molar-refractivity contribution in [3.05, 3.63) is 43.7 Å². The third kappa shape index (κ3) is 2.85. The van der Waals surface area contributed by atoms with Gasteiger partial charge in [0.15, 0.2) is 3.95 Å². The van der Waals surface area contributed by atoms with Gasteiger partial charge in [-0.2, -0.15) is 0 Å². The van der Waals surface area contributed by atoms with E-state index in [2.05, 4.69) is 4.99 Å². The van der Waals surface area contributed by atoms with E-state index >= 15 is 0 Å².